The largest absolute Gasteiger partial charge is 0.480 e. The molecule has 0 aromatic heterocycles. The first-order valence-corrected chi connectivity index (χ1v) is 7.88. The van der Waals surface area contributed by atoms with Crippen LogP contribution in [0.5, 0.6) is 5.75 Å². The summed E-state index contributed by atoms with van der Waals surface area (Å²) in [6, 6.07) is 4.50. The number of hydrogen-bond acceptors (Lipinski definition) is 3. The van der Waals surface area contributed by atoms with Gasteiger partial charge in [-0.3, -0.25) is 4.79 Å². The molecule has 22 heavy (non-hydrogen) atoms. The number of hydrogen-bond donors (Lipinski definition) is 1. The van der Waals surface area contributed by atoms with E-state index < -0.39 is 6.10 Å². The maximum atomic E-state index is 13.0. The molecule has 124 valence electrons. The van der Waals surface area contributed by atoms with Crippen LogP contribution in [0.2, 0.25) is 0 Å². The molecule has 1 fully saturated rings. The van der Waals surface area contributed by atoms with E-state index in [1.165, 1.54) is 18.2 Å². The Kier molecular flexibility index (Phi) is 7.59. The molecule has 1 aliphatic rings. The lowest BCUT2D eigenvalue weighted by molar-refractivity contribution is -0.139. The topological polar surface area (TPSA) is 41.6 Å². The average molecular weight is 396 g/mol. The van der Waals surface area contributed by atoms with Crippen LogP contribution in [0, 0.1) is 5.82 Å². The molecule has 0 radical (unpaired) electrons. The Morgan fingerprint density at radius 3 is 2.91 bits per heavy atom. The SMILES string of the molecule is CNC1CCCN(C(=O)C(C)Oc2ccc(F)cc2Br)C1.Cl. The molecule has 1 N–H and O–H groups in total. The van der Waals surface area contributed by atoms with Crippen LogP contribution < -0.4 is 10.1 Å². The zero-order valence-electron chi connectivity index (χ0n) is 12.6. The molecule has 1 aromatic carbocycles. The van der Waals surface area contributed by atoms with Gasteiger partial charge in [-0.15, -0.1) is 12.4 Å². The molecule has 0 spiro atoms. The number of rotatable bonds is 4. The van der Waals surface area contributed by atoms with E-state index in [9.17, 15) is 9.18 Å². The number of carbonyl (C=O) groups is 1. The minimum atomic E-state index is -0.595. The Balaban J connectivity index is 0.00000242. The van der Waals surface area contributed by atoms with Gasteiger partial charge in [0.15, 0.2) is 6.10 Å². The third-order valence-corrected chi connectivity index (χ3v) is 4.31. The molecule has 1 aliphatic heterocycles. The lowest BCUT2D eigenvalue weighted by Crippen LogP contribution is -2.50. The number of carbonyl (C=O) groups excluding carboxylic acids is 1. The van der Waals surface area contributed by atoms with Gasteiger partial charge in [0.25, 0.3) is 5.91 Å². The van der Waals surface area contributed by atoms with Crippen LogP contribution in [0.3, 0.4) is 0 Å². The molecule has 0 bridgehead atoms. The van der Waals surface area contributed by atoms with Crippen LogP contribution in [-0.2, 0) is 4.79 Å². The molecule has 1 heterocycles. The van der Waals surface area contributed by atoms with E-state index in [0.29, 0.717) is 22.8 Å². The maximum Gasteiger partial charge on any atom is 0.263 e. The minimum Gasteiger partial charge on any atom is -0.480 e. The molecular weight excluding hydrogens is 375 g/mol. The highest BCUT2D eigenvalue weighted by Crippen LogP contribution is 2.26. The Morgan fingerprint density at radius 1 is 1.55 bits per heavy atom. The second kappa shape index (κ2) is 8.70. The highest BCUT2D eigenvalue weighted by Gasteiger charge is 2.27. The molecule has 0 saturated carbocycles. The fraction of sp³-hybridized carbons (Fsp3) is 0.533. The summed E-state index contributed by atoms with van der Waals surface area (Å²) >= 11 is 3.24. The number of nitrogens with one attached hydrogen (secondary N) is 1. The zero-order chi connectivity index (χ0) is 15.4. The third-order valence-electron chi connectivity index (χ3n) is 3.69. The summed E-state index contributed by atoms with van der Waals surface area (Å²) in [7, 11) is 1.91. The third kappa shape index (κ3) is 4.83. The molecule has 0 aliphatic carbocycles. The van der Waals surface area contributed by atoms with E-state index in [1.54, 1.807) is 6.92 Å². The summed E-state index contributed by atoms with van der Waals surface area (Å²) in [5.41, 5.74) is 0. The zero-order valence-corrected chi connectivity index (χ0v) is 15.0. The summed E-state index contributed by atoms with van der Waals surface area (Å²) in [6.07, 6.45) is 1.48. The quantitative estimate of drug-likeness (QED) is 0.852. The van der Waals surface area contributed by atoms with Gasteiger partial charge >= 0.3 is 0 Å². The summed E-state index contributed by atoms with van der Waals surface area (Å²) < 4.78 is 19.2. The van der Waals surface area contributed by atoms with Gasteiger partial charge in [0, 0.05) is 19.1 Å². The van der Waals surface area contributed by atoms with Crippen LogP contribution in [-0.4, -0.2) is 43.1 Å². The van der Waals surface area contributed by atoms with E-state index >= 15 is 0 Å². The number of likely N-dealkylation sites (N-methyl/N-ethyl adjacent to an activating group) is 1. The number of piperidine rings is 1. The fourth-order valence-electron chi connectivity index (χ4n) is 2.48. The molecule has 1 aromatic rings. The molecule has 4 nitrogen and oxygen atoms in total. The van der Waals surface area contributed by atoms with Crippen molar-refractivity contribution in [2.24, 2.45) is 0 Å². The highest BCUT2D eigenvalue weighted by atomic mass is 79.9. The second-order valence-electron chi connectivity index (χ2n) is 5.25. The Hall–Kier alpha value is -0.850. The molecule has 2 rings (SSSR count). The first kappa shape index (κ1) is 19.2. The van der Waals surface area contributed by atoms with Crippen LogP contribution in [0.15, 0.2) is 22.7 Å². The van der Waals surface area contributed by atoms with E-state index in [2.05, 4.69) is 21.2 Å². The van der Waals surface area contributed by atoms with Crippen LogP contribution in [0.4, 0.5) is 4.39 Å². The maximum absolute atomic E-state index is 13.0. The van der Waals surface area contributed by atoms with E-state index in [-0.39, 0.29) is 24.1 Å². The van der Waals surface area contributed by atoms with Crippen molar-refractivity contribution in [3.63, 3.8) is 0 Å². The summed E-state index contributed by atoms with van der Waals surface area (Å²) in [5.74, 6) is 0.0895. The average Bonchev–Trinajstić information content (AvgIpc) is 2.49. The van der Waals surface area contributed by atoms with Crippen molar-refractivity contribution in [2.75, 3.05) is 20.1 Å². The highest BCUT2D eigenvalue weighted by molar-refractivity contribution is 9.10. The van der Waals surface area contributed by atoms with Gasteiger partial charge in [0.1, 0.15) is 11.6 Å². The van der Waals surface area contributed by atoms with Gasteiger partial charge in [0.05, 0.1) is 4.47 Å². The Bertz CT molecular complexity index is 518. The Morgan fingerprint density at radius 2 is 2.27 bits per heavy atom. The lowest BCUT2D eigenvalue weighted by atomic mass is 10.1. The molecule has 7 heteroatoms. The van der Waals surface area contributed by atoms with Crippen molar-refractivity contribution >= 4 is 34.2 Å². The van der Waals surface area contributed by atoms with Crippen molar-refractivity contribution in [3.8, 4) is 5.75 Å². The van der Waals surface area contributed by atoms with Gasteiger partial charge < -0.3 is 15.0 Å². The van der Waals surface area contributed by atoms with Crippen molar-refractivity contribution in [3.05, 3.63) is 28.5 Å². The van der Waals surface area contributed by atoms with Gasteiger partial charge in [-0.1, -0.05) is 0 Å². The standard InChI is InChI=1S/C15H20BrFN2O2.ClH/c1-10(21-14-6-5-11(17)8-13(14)16)15(20)19-7-3-4-12(9-19)18-2;/h5-6,8,10,12,18H,3-4,7,9H2,1-2H3;1H. The number of halogens is 3. The minimum absolute atomic E-state index is 0. The molecule has 1 saturated heterocycles. The second-order valence-corrected chi connectivity index (χ2v) is 6.10. The predicted octanol–water partition coefficient (Wildman–Crippen LogP) is 2.99. The normalized spacial score (nSPS) is 19.3. The van der Waals surface area contributed by atoms with E-state index in [1.807, 2.05) is 11.9 Å². The van der Waals surface area contributed by atoms with Gasteiger partial charge in [-0.05, 0) is 60.9 Å². The Labute approximate surface area is 144 Å². The first-order valence-electron chi connectivity index (χ1n) is 7.09. The van der Waals surface area contributed by atoms with Crippen molar-refractivity contribution in [2.45, 2.75) is 31.9 Å². The van der Waals surface area contributed by atoms with Crippen molar-refractivity contribution in [1.29, 1.82) is 0 Å². The summed E-state index contributed by atoms with van der Waals surface area (Å²) in [6.45, 7) is 3.18. The first-order chi connectivity index (χ1) is 10.0. The molecule has 2 unspecified atom stereocenters. The fourth-order valence-corrected chi connectivity index (χ4v) is 2.93. The van der Waals surface area contributed by atoms with Gasteiger partial charge in [-0.2, -0.15) is 0 Å². The van der Waals surface area contributed by atoms with Gasteiger partial charge in [0.2, 0.25) is 0 Å². The smallest absolute Gasteiger partial charge is 0.263 e. The monoisotopic (exact) mass is 394 g/mol. The molecular formula is C15H21BrClFN2O2. The van der Waals surface area contributed by atoms with Crippen LogP contribution >= 0.6 is 28.3 Å². The van der Waals surface area contributed by atoms with Crippen molar-refractivity contribution in [1.82, 2.24) is 10.2 Å². The van der Waals surface area contributed by atoms with E-state index in [0.717, 1.165) is 19.4 Å². The number of amides is 1. The summed E-state index contributed by atoms with van der Waals surface area (Å²) in [4.78, 5) is 14.3. The van der Waals surface area contributed by atoms with Gasteiger partial charge in [-0.25, -0.2) is 4.39 Å². The number of benzene rings is 1. The van der Waals surface area contributed by atoms with Crippen molar-refractivity contribution < 1.29 is 13.9 Å². The molecule has 2 atom stereocenters. The van der Waals surface area contributed by atoms with Crippen LogP contribution in [0.25, 0.3) is 0 Å². The number of likely N-dealkylation sites (tertiary alicyclic amines) is 1. The van der Waals surface area contributed by atoms with Crippen LogP contribution in [0.1, 0.15) is 19.8 Å². The molecule has 1 amide bonds. The van der Waals surface area contributed by atoms with E-state index in [4.69, 9.17) is 4.74 Å². The number of nitrogens with zero attached hydrogens (tertiary/aromatic N) is 1. The predicted molar refractivity (Wildman–Crippen MR) is 90.1 cm³/mol. The lowest BCUT2D eigenvalue weighted by Gasteiger charge is -2.34. The summed E-state index contributed by atoms with van der Waals surface area (Å²) in [5, 5.41) is 3.21. The number of ether oxygens (including phenoxy) is 1.